The molecule has 6 heteroatoms. The van der Waals surface area contributed by atoms with Gasteiger partial charge in [-0.05, 0) is 37.6 Å². The Hall–Kier alpha value is -2.89. The molecule has 0 aliphatic heterocycles. The van der Waals surface area contributed by atoms with Crippen molar-refractivity contribution < 1.29 is 19.0 Å². The number of para-hydroxylation sites is 2. The van der Waals surface area contributed by atoms with Gasteiger partial charge in [0.05, 0.1) is 27.0 Å². The Balaban J connectivity index is 2.13. The quantitative estimate of drug-likeness (QED) is 0.805. The number of rotatable bonds is 7. The number of nitrogens with one attached hydrogen (secondary N) is 2. The molecule has 0 fully saturated rings. The van der Waals surface area contributed by atoms with Gasteiger partial charge in [-0.3, -0.25) is 4.79 Å². The standard InChI is InChI=1S/C19H24N2O4/c1-12-10-17(24-4)18(25-5)11-15(12)20-13(2)19(22)21-14-8-6-7-9-16(14)23-3/h6-11,13,20H,1-5H3,(H,21,22). The van der Waals surface area contributed by atoms with E-state index in [0.717, 1.165) is 11.3 Å². The molecule has 134 valence electrons. The fraction of sp³-hybridized carbons (Fsp3) is 0.316. The van der Waals surface area contributed by atoms with Gasteiger partial charge in [0.2, 0.25) is 5.91 Å². The van der Waals surface area contributed by atoms with Crippen molar-refractivity contribution in [3.05, 3.63) is 42.0 Å². The summed E-state index contributed by atoms with van der Waals surface area (Å²) in [5.41, 5.74) is 2.39. The Kier molecular flexibility index (Phi) is 6.11. The van der Waals surface area contributed by atoms with Crippen molar-refractivity contribution in [2.45, 2.75) is 19.9 Å². The van der Waals surface area contributed by atoms with Crippen molar-refractivity contribution in [2.24, 2.45) is 0 Å². The van der Waals surface area contributed by atoms with Crippen LogP contribution in [0.5, 0.6) is 17.2 Å². The number of hydrogen-bond acceptors (Lipinski definition) is 5. The predicted molar refractivity (Wildman–Crippen MR) is 99.0 cm³/mol. The lowest BCUT2D eigenvalue weighted by atomic mass is 10.1. The lowest BCUT2D eigenvalue weighted by Gasteiger charge is -2.19. The van der Waals surface area contributed by atoms with Crippen LogP contribution >= 0.6 is 0 Å². The third kappa shape index (κ3) is 4.35. The Morgan fingerprint density at radius 2 is 1.52 bits per heavy atom. The van der Waals surface area contributed by atoms with Crippen LogP contribution in [-0.2, 0) is 4.79 Å². The largest absolute Gasteiger partial charge is 0.495 e. The molecule has 0 spiro atoms. The summed E-state index contributed by atoms with van der Waals surface area (Å²) in [6.07, 6.45) is 0. The maximum absolute atomic E-state index is 12.5. The lowest BCUT2D eigenvalue weighted by molar-refractivity contribution is -0.116. The Morgan fingerprint density at radius 3 is 2.16 bits per heavy atom. The molecular weight excluding hydrogens is 320 g/mol. The molecule has 0 aromatic heterocycles. The topological polar surface area (TPSA) is 68.8 Å². The number of ether oxygens (including phenoxy) is 3. The van der Waals surface area contributed by atoms with E-state index in [1.807, 2.05) is 31.2 Å². The van der Waals surface area contributed by atoms with E-state index in [0.29, 0.717) is 22.9 Å². The first-order chi connectivity index (χ1) is 12.0. The van der Waals surface area contributed by atoms with Crippen LogP contribution in [0.3, 0.4) is 0 Å². The molecule has 1 atom stereocenters. The van der Waals surface area contributed by atoms with E-state index in [2.05, 4.69) is 10.6 Å². The molecule has 0 saturated carbocycles. The maximum Gasteiger partial charge on any atom is 0.246 e. The van der Waals surface area contributed by atoms with Crippen molar-refractivity contribution in [2.75, 3.05) is 32.0 Å². The zero-order valence-corrected chi connectivity index (χ0v) is 15.2. The summed E-state index contributed by atoms with van der Waals surface area (Å²) in [4.78, 5) is 12.5. The van der Waals surface area contributed by atoms with Gasteiger partial charge in [-0.15, -0.1) is 0 Å². The van der Waals surface area contributed by atoms with Gasteiger partial charge in [-0.1, -0.05) is 12.1 Å². The van der Waals surface area contributed by atoms with Crippen LogP contribution in [0, 0.1) is 6.92 Å². The van der Waals surface area contributed by atoms with Crippen molar-refractivity contribution in [3.8, 4) is 17.2 Å². The second-order valence-corrected chi connectivity index (χ2v) is 5.58. The third-order valence-corrected chi connectivity index (χ3v) is 3.86. The fourth-order valence-corrected chi connectivity index (χ4v) is 2.42. The number of anilines is 2. The first-order valence-electron chi connectivity index (χ1n) is 7.93. The average molecular weight is 344 g/mol. The summed E-state index contributed by atoms with van der Waals surface area (Å²) >= 11 is 0. The number of amides is 1. The Bertz CT molecular complexity index is 746. The van der Waals surface area contributed by atoms with E-state index < -0.39 is 6.04 Å². The number of carbonyl (C=O) groups is 1. The van der Waals surface area contributed by atoms with Crippen molar-refractivity contribution in [1.82, 2.24) is 0 Å². The van der Waals surface area contributed by atoms with E-state index in [-0.39, 0.29) is 5.91 Å². The van der Waals surface area contributed by atoms with Gasteiger partial charge < -0.3 is 24.8 Å². The van der Waals surface area contributed by atoms with Crippen LogP contribution in [0.1, 0.15) is 12.5 Å². The van der Waals surface area contributed by atoms with E-state index in [4.69, 9.17) is 14.2 Å². The SMILES string of the molecule is COc1ccccc1NC(=O)C(C)Nc1cc(OC)c(OC)cc1C. The first kappa shape index (κ1) is 18.4. The molecule has 2 rings (SSSR count). The Morgan fingerprint density at radius 1 is 0.920 bits per heavy atom. The van der Waals surface area contributed by atoms with Crippen LogP contribution in [0.2, 0.25) is 0 Å². The summed E-state index contributed by atoms with van der Waals surface area (Å²) < 4.78 is 15.9. The average Bonchev–Trinajstić information content (AvgIpc) is 2.63. The highest BCUT2D eigenvalue weighted by Crippen LogP contribution is 2.33. The summed E-state index contributed by atoms with van der Waals surface area (Å²) in [6, 6.07) is 10.5. The number of hydrogen-bond donors (Lipinski definition) is 2. The van der Waals surface area contributed by atoms with Gasteiger partial charge in [0, 0.05) is 11.8 Å². The molecule has 2 N–H and O–H groups in total. The zero-order chi connectivity index (χ0) is 18.4. The molecule has 0 aliphatic rings. The summed E-state index contributed by atoms with van der Waals surface area (Å²) in [6.45, 7) is 3.73. The van der Waals surface area contributed by atoms with Gasteiger partial charge >= 0.3 is 0 Å². The molecule has 0 bridgehead atoms. The number of methoxy groups -OCH3 is 3. The molecule has 2 aromatic rings. The van der Waals surface area contributed by atoms with Gasteiger partial charge in [0.1, 0.15) is 11.8 Å². The molecule has 0 aliphatic carbocycles. The minimum Gasteiger partial charge on any atom is -0.495 e. The molecule has 25 heavy (non-hydrogen) atoms. The first-order valence-corrected chi connectivity index (χ1v) is 7.93. The third-order valence-electron chi connectivity index (χ3n) is 3.86. The van der Waals surface area contributed by atoms with Crippen LogP contribution < -0.4 is 24.8 Å². The zero-order valence-electron chi connectivity index (χ0n) is 15.2. The van der Waals surface area contributed by atoms with E-state index >= 15 is 0 Å². The van der Waals surface area contributed by atoms with Crippen LogP contribution in [-0.4, -0.2) is 33.3 Å². The number of carbonyl (C=O) groups excluding carboxylic acids is 1. The summed E-state index contributed by atoms with van der Waals surface area (Å²) in [5.74, 6) is 1.70. The summed E-state index contributed by atoms with van der Waals surface area (Å²) in [5, 5.41) is 6.07. The molecule has 0 saturated heterocycles. The maximum atomic E-state index is 12.5. The van der Waals surface area contributed by atoms with Crippen LogP contribution in [0.4, 0.5) is 11.4 Å². The van der Waals surface area contributed by atoms with Crippen molar-refractivity contribution >= 4 is 17.3 Å². The highest BCUT2D eigenvalue weighted by Gasteiger charge is 2.17. The monoisotopic (exact) mass is 344 g/mol. The highest BCUT2D eigenvalue weighted by molar-refractivity contribution is 5.97. The van der Waals surface area contributed by atoms with Crippen LogP contribution in [0.15, 0.2) is 36.4 Å². The van der Waals surface area contributed by atoms with E-state index in [1.54, 1.807) is 40.4 Å². The normalized spacial score (nSPS) is 11.4. The molecule has 6 nitrogen and oxygen atoms in total. The molecule has 2 aromatic carbocycles. The smallest absolute Gasteiger partial charge is 0.246 e. The second-order valence-electron chi connectivity index (χ2n) is 5.58. The van der Waals surface area contributed by atoms with Crippen molar-refractivity contribution in [1.29, 1.82) is 0 Å². The van der Waals surface area contributed by atoms with Gasteiger partial charge in [-0.2, -0.15) is 0 Å². The van der Waals surface area contributed by atoms with Gasteiger partial charge in [-0.25, -0.2) is 0 Å². The van der Waals surface area contributed by atoms with E-state index in [9.17, 15) is 4.79 Å². The van der Waals surface area contributed by atoms with Gasteiger partial charge in [0.15, 0.2) is 11.5 Å². The Labute approximate surface area is 148 Å². The molecule has 0 radical (unpaired) electrons. The minimum absolute atomic E-state index is 0.168. The lowest BCUT2D eigenvalue weighted by Crippen LogP contribution is -2.32. The predicted octanol–water partition coefficient (Wildman–Crippen LogP) is 3.46. The number of aryl methyl sites for hydroxylation is 1. The highest BCUT2D eigenvalue weighted by atomic mass is 16.5. The molecule has 0 heterocycles. The molecule has 1 amide bonds. The van der Waals surface area contributed by atoms with E-state index in [1.165, 1.54) is 0 Å². The number of benzene rings is 2. The van der Waals surface area contributed by atoms with Crippen LogP contribution in [0.25, 0.3) is 0 Å². The molecule has 1 unspecified atom stereocenters. The molecular formula is C19H24N2O4. The summed E-state index contributed by atoms with van der Waals surface area (Å²) in [7, 11) is 4.74. The van der Waals surface area contributed by atoms with Gasteiger partial charge in [0.25, 0.3) is 0 Å². The minimum atomic E-state index is -0.457. The fourth-order valence-electron chi connectivity index (χ4n) is 2.42. The van der Waals surface area contributed by atoms with Crippen molar-refractivity contribution in [3.63, 3.8) is 0 Å². The second kappa shape index (κ2) is 8.28.